The highest BCUT2D eigenvalue weighted by Gasteiger charge is 2.23. The van der Waals surface area contributed by atoms with Gasteiger partial charge in [-0.15, -0.1) is 0 Å². The second kappa shape index (κ2) is 36.0. The number of carboxylic acids is 4. The quantitative estimate of drug-likeness (QED) is 0.0339. The maximum Gasteiger partial charge on any atom is 0.317 e. The second-order valence-electron chi connectivity index (χ2n) is 15.6. The predicted molar refractivity (Wildman–Crippen MR) is 248 cm³/mol. The fourth-order valence-corrected chi connectivity index (χ4v) is 7.04. The minimum atomic E-state index is -1.04. The molecule has 0 spiro atoms. The smallest absolute Gasteiger partial charge is 0.317 e. The lowest BCUT2D eigenvalue weighted by molar-refractivity contribution is -0.140. The first-order chi connectivity index (χ1) is 31.7. The highest BCUT2D eigenvalue weighted by atomic mass is 127. The highest BCUT2D eigenvalue weighted by molar-refractivity contribution is 14.1. The van der Waals surface area contributed by atoms with Gasteiger partial charge in [-0.2, -0.15) is 0 Å². The van der Waals surface area contributed by atoms with E-state index in [1.165, 1.54) is 0 Å². The molecular formula is C43H70IN7O15. The average molecular weight is 1050 g/mol. The number of hydrogen-bond donors (Lipinski definition) is 7. The molecule has 2 rings (SSSR count). The number of nitrogens with zero attached hydrogens (tertiary/aromatic N) is 4. The summed E-state index contributed by atoms with van der Waals surface area (Å²) >= 11 is 2.24. The van der Waals surface area contributed by atoms with Crippen molar-refractivity contribution in [3.63, 3.8) is 0 Å². The molecule has 0 radical (unpaired) electrons. The maximum absolute atomic E-state index is 13.3. The number of unbranched alkanes of at least 4 members (excludes halogenated alkanes) is 1. The number of carbonyl (C=O) groups is 7. The van der Waals surface area contributed by atoms with E-state index in [-0.39, 0.29) is 116 Å². The van der Waals surface area contributed by atoms with E-state index in [4.69, 9.17) is 24.1 Å². The molecule has 1 aromatic rings. The number of rotatable bonds is 34. The number of nitrogens with one attached hydrogen (secondary N) is 3. The zero-order valence-electron chi connectivity index (χ0n) is 37.8. The van der Waals surface area contributed by atoms with Crippen molar-refractivity contribution in [1.29, 1.82) is 0 Å². The second-order valence-corrected chi connectivity index (χ2v) is 16.9. The van der Waals surface area contributed by atoms with E-state index >= 15 is 0 Å². The van der Waals surface area contributed by atoms with Crippen LogP contribution < -0.4 is 16.0 Å². The molecule has 7 N–H and O–H groups in total. The molecule has 1 aromatic carbocycles. The fourth-order valence-electron chi connectivity index (χ4n) is 6.68. The summed E-state index contributed by atoms with van der Waals surface area (Å²) in [5.74, 6) is -4.92. The van der Waals surface area contributed by atoms with Crippen molar-refractivity contribution in [3.05, 3.63) is 33.4 Å². The van der Waals surface area contributed by atoms with E-state index in [9.17, 15) is 48.9 Å². The summed E-state index contributed by atoms with van der Waals surface area (Å²) in [6.07, 6.45) is 2.84. The molecule has 0 unspecified atom stereocenters. The highest BCUT2D eigenvalue weighted by Crippen LogP contribution is 2.10. The van der Waals surface area contributed by atoms with Crippen LogP contribution in [-0.4, -0.2) is 232 Å². The summed E-state index contributed by atoms with van der Waals surface area (Å²) in [6, 6.07) is 7.26. The van der Waals surface area contributed by atoms with Crippen LogP contribution in [0.15, 0.2) is 24.3 Å². The van der Waals surface area contributed by atoms with E-state index in [1.807, 2.05) is 29.2 Å². The Morgan fingerprint density at radius 3 is 1.44 bits per heavy atom. The SMILES string of the molecule is O=C(O)CCOCCOCCOCCOCCNC(=O)[C@H](CCCCNC(=O)CN1CCN(CC(=O)O)CCN(CC(=O)O)CCN(CC(=O)O)CC1)NC(=O)CCCc1ccc(I)cc1. The molecule has 0 aliphatic carbocycles. The third-order valence-electron chi connectivity index (χ3n) is 10.2. The summed E-state index contributed by atoms with van der Waals surface area (Å²) < 4.78 is 22.7. The molecule has 23 heteroatoms. The van der Waals surface area contributed by atoms with Crippen LogP contribution in [0.4, 0.5) is 0 Å². The van der Waals surface area contributed by atoms with Gasteiger partial charge in [0.05, 0.1) is 85.5 Å². The number of aliphatic carboxylic acids is 4. The molecule has 1 aliphatic rings. The third-order valence-corrected chi connectivity index (χ3v) is 10.9. The minimum absolute atomic E-state index is 0.0203. The van der Waals surface area contributed by atoms with Crippen LogP contribution in [0.25, 0.3) is 0 Å². The van der Waals surface area contributed by atoms with Crippen molar-refractivity contribution in [2.24, 2.45) is 0 Å². The largest absolute Gasteiger partial charge is 0.481 e. The summed E-state index contributed by atoms with van der Waals surface area (Å²) in [7, 11) is 0. The zero-order chi connectivity index (χ0) is 48.4. The Balaban J connectivity index is 1.85. The zero-order valence-corrected chi connectivity index (χ0v) is 40.0. The van der Waals surface area contributed by atoms with Crippen molar-refractivity contribution < 1.29 is 72.9 Å². The number of halogens is 1. The Labute approximate surface area is 400 Å². The molecule has 1 atom stereocenters. The van der Waals surface area contributed by atoms with Crippen LogP contribution in [0.5, 0.6) is 0 Å². The molecular weight excluding hydrogens is 981 g/mol. The Morgan fingerprint density at radius 2 is 0.970 bits per heavy atom. The number of aryl methyl sites for hydroxylation is 1. The molecule has 0 bridgehead atoms. The topological polar surface area (TPSA) is 286 Å². The summed E-state index contributed by atoms with van der Waals surface area (Å²) in [4.78, 5) is 91.5. The monoisotopic (exact) mass is 1050 g/mol. The van der Waals surface area contributed by atoms with Crippen LogP contribution in [0.2, 0.25) is 0 Å². The number of hydrogen-bond acceptors (Lipinski definition) is 15. The molecule has 1 heterocycles. The van der Waals surface area contributed by atoms with Crippen molar-refractivity contribution in [2.45, 2.75) is 51.0 Å². The molecule has 3 amide bonds. The van der Waals surface area contributed by atoms with Crippen LogP contribution in [0.1, 0.15) is 44.1 Å². The Morgan fingerprint density at radius 1 is 0.515 bits per heavy atom. The third kappa shape index (κ3) is 31.0. The first-order valence-corrected chi connectivity index (χ1v) is 23.4. The van der Waals surface area contributed by atoms with Gasteiger partial charge in [0.25, 0.3) is 0 Å². The van der Waals surface area contributed by atoms with Gasteiger partial charge in [-0.1, -0.05) is 12.1 Å². The van der Waals surface area contributed by atoms with Gasteiger partial charge in [0.15, 0.2) is 0 Å². The van der Waals surface area contributed by atoms with Gasteiger partial charge < -0.3 is 55.3 Å². The van der Waals surface area contributed by atoms with Crippen molar-refractivity contribution in [2.75, 3.05) is 144 Å². The van der Waals surface area contributed by atoms with Gasteiger partial charge in [-0.3, -0.25) is 53.2 Å². The molecule has 374 valence electrons. The van der Waals surface area contributed by atoms with Crippen molar-refractivity contribution >= 4 is 64.2 Å². The van der Waals surface area contributed by atoms with Crippen molar-refractivity contribution in [1.82, 2.24) is 35.6 Å². The Hall–Kier alpha value is -4.08. The molecule has 66 heavy (non-hydrogen) atoms. The van der Waals surface area contributed by atoms with Crippen LogP contribution in [-0.2, 0) is 58.9 Å². The maximum atomic E-state index is 13.3. The standard InChI is InChI=1S/C43H70IN7O15/c44-35-9-7-34(8-10-35)4-3-6-37(52)47-36(43(62)46-13-23-64-25-27-66-29-28-65-26-24-63-22-11-39(54)55)5-1-2-12-45-38(53)30-48-14-16-49(31-40(56)57)18-20-51(33-42(60)61)21-19-50(17-15-48)32-41(58)59/h7-10,36H,1-6,11-33H2,(H,45,53)(H,46,62)(H,47,52)(H,54,55)(H,56,57)(H,58,59)(H,60,61)/t36-/m0/s1. The normalized spacial score (nSPS) is 15.2. The van der Waals surface area contributed by atoms with Crippen LogP contribution in [0, 0.1) is 3.57 Å². The lowest BCUT2D eigenvalue weighted by Gasteiger charge is -2.32. The molecule has 0 saturated carbocycles. The lowest BCUT2D eigenvalue weighted by atomic mass is 10.1. The van der Waals surface area contributed by atoms with Gasteiger partial charge in [0.2, 0.25) is 17.7 Å². The average Bonchev–Trinajstić information content (AvgIpc) is 3.25. The Bertz CT molecular complexity index is 1560. The van der Waals surface area contributed by atoms with Crippen molar-refractivity contribution in [3.8, 4) is 0 Å². The van der Waals surface area contributed by atoms with Gasteiger partial charge in [0, 0.05) is 75.4 Å². The molecule has 22 nitrogen and oxygen atoms in total. The van der Waals surface area contributed by atoms with Gasteiger partial charge in [-0.05, 0) is 72.4 Å². The predicted octanol–water partition coefficient (Wildman–Crippen LogP) is -0.482. The van der Waals surface area contributed by atoms with E-state index in [0.29, 0.717) is 91.4 Å². The molecule has 1 aliphatic heterocycles. The molecule has 0 aromatic heterocycles. The lowest BCUT2D eigenvalue weighted by Crippen LogP contribution is -2.49. The van der Waals surface area contributed by atoms with Gasteiger partial charge in [-0.25, -0.2) is 0 Å². The van der Waals surface area contributed by atoms with E-state index in [2.05, 4.69) is 38.5 Å². The summed E-state index contributed by atoms with van der Waals surface area (Å²) in [6.45, 7) is 4.22. The number of benzene rings is 1. The molecule has 1 fully saturated rings. The molecule has 1 saturated heterocycles. The minimum Gasteiger partial charge on any atom is -0.481 e. The number of carboxylic acid groups (broad SMARTS) is 4. The van der Waals surface area contributed by atoms with Crippen LogP contribution >= 0.6 is 22.6 Å². The van der Waals surface area contributed by atoms with Crippen LogP contribution in [0.3, 0.4) is 0 Å². The fraction of sp³-hybridized carbons (Fsp3) is 0.698. The van der Waals surface area contributed by atoms with Gasteiger partial charge >= 0.3 is 23.9 Å². The first kappa shape index (κ1) is 58.0. The van der Waals surface area contributed by atoms with E-state index in [1.54, 1.807) is 14.7 Å². The van der Waals surface area contributed by atoms with E-state index in [0.717, 1.165) is 9.13 Å². The number of amides is 3. The first-order valence-electron chi connectivity index (χ1n) is 22.4. The van der Waals surface area contributed by atoms with Gasteiger partial charge in [0.1, 0.15) is 6.04 Å². The Kier molecular flexibility index (Phi) is 31.7. The summed E-state index contributed by atoms with van der Waals surface area (Å²) in [5, 5.41) is 45.6. The number of ether oxygens (including phenoxy) is 4. The number of carbonyl (C=O) groups excluding carboxylic acids is 3. The van der Waals surface area contributed by atoms with E-state index < -0.39 is 29.9 Å². The summed E-state index contributed by atoms with van der Waals surface area (Å²) in [5.41, 5.74) is 1.12.